The second-order valence-electron chi connectivity index (χ2n) is 4.49. The van der Waals surface area contributed by atoms with Crippen LogP contribution in [0.15, 0.2) is 24.3 Å². The summed E-state index contributed by atoms with van der Waals surface area (Å²) in [5.74, 6) is -0.355. The summed E-state index contributed by atoms with van der Waals surface area (Å²) in [4.78, 5) is 23.4. The first kappa shape index (κ1) is 16.5. The first-order valence-electron chi connectivity index (χ1n) is 6.05. The van der Waals surface area contributed by atoms with Gasteiger partial charge in [-0.1, -0.05) is 49.2 Å². The summed E-state index contributed by atoms with van der Waals surface area (Å²) in [6.45, 7) is 3.87. The molecule has 0 atom stereocenters. The highest BCUT2D eigenvalue weighted by atomic mass is 35.5. The predicted octanol–water partition coefficient (Wildman–Crippen LogP) is 3.49. The van der Waals surface area contributed by atoms with E-state index in [1.54, 1.807) is 24.3 Å². The van der Waals surface area contributed by atoms with E-state index in [9.17, 15) is 9.59 Å². The lowest BCUT2D eigenvalue weighted by atomic mass is 10.0. The number of hydrogen-bond donors (Lipinski definition) is 2. The van der Waals surface area contributed by atoms with Crippen LogP contribution in [-0.4, -0.2) is 19.0 Å². The summed E-state index contributed by atoms with van der Waals surface area (Å²) in [6, 6.07) is 4.33. The maximum Gasteiger partial charge on any atom is 0.321 e. The summed E-state index contributed by atoms with van der Waals surface area (Å²) in [6.07, 6.45) is 1.76. The van der Waals surface area contributed by atoms with Crippen LogP contribution in [0, 0.1) is 5.92 Å². The Hall–Kier alpha value is -1.52. The number of rotatable bonds is 3. The monoisotopic (exact) mass is 314 g/mol. The van der Waals surface area contributed by atoms with Crippen molar-refractivity contribution < 1.29 is 9.59 Å². The number of benzene rings is 1. The molecule has 1 rings (SSSR count). The number of halogens is 2. The fourth-order valence-corrected chi connectivity index (χ4v) is 1.83. The molecule has 0 aliphatic rings. The Bertz CT molecular complexity index is 554. The molecule has 0 saturated heterocycles. The first-order valence-corrected chi connectivity index (χ1v) is 6.81. The molecule has 3 amide bonds. The van der Waals surface area contributed by atoms with Crippen LogP contribution in [0.5, 0.6) is 0 Å². The topological polar surface area (TPSA) is 58.2 Å². The van der Waals surface area contributed by atoms with Gasteiger partial charge in [-0.15, -0.1) is 0 Å². The average molecular weight is 315 g/mol. The van der Waals surface area contributed by atoms with Crippen LogP contribution >= 0.6 is 23.2 Å². The molecular formula is C14H16Cl2N2O2. The summed E-state index contributed by atoms with van der Waals surface area (Å²) in [7, 11) is 1.44. The van der Waals surface area contributed by atoms with Crippen molar-refractivity contribution in [3.8, 4) is 0 Å². The van der Waals surface area contributed by atoms with Crippen LogP contribution in [0.3, 0.4) is 0 Å². The predicted molar refractivity (Wildman–Crippen MR) is 81.9 cm³/mol. The van der Waals surface area contributed by atoms with Gasteiger partial charge in [0.15, 0.2) is 0 Å². The van der Waals surface area contributed by atoms with Crippen molar-refractivity contribution in [2.45, 2.75) is 13.8 Å². The van der Waals surface area contributed by atoms with Crippen molar-refractivity contribution >= 4 is 40.7 Å². The van der Waals surface area contributed by atoms with Gasteiger partial charge in [0.1, 0.15) is 0 Å². The van der Waals surface area contributed by atoms with Gasteiger partial charge >= 0.3 is 6.03 Å². The molecule has 108 valence electrons. The van der Waals surface area contributed by atoms with Gasteiger partial charge in [0.25, 0.3) is 5.91 Å². The second-order valence-corrected chi connectivity index (χ2v) is 5.30. The van der Waals surface area contributed by atoms with Gasteiger partial charge in [0, 0.05) is 12.6 Å². The van der Waals surface area contributed by atoms with Crippen molar-refractivity contribution in [3.63, 3.8) is 0 Å². The molecule has 0 bridgehead atoms. The Morgan fingerprint density at radius 3 is 2.35 bits per heavy atom. The maximum atomic E-state index is 12.1. The zero-order valence-electron chi connectivity index (χ0n) is 11.5. The summed E-state index contributed by atoms with van der Waals surface area (Å²) < 4.78 is 0. The minimum absolute atomic E-state index is 0.134. The van der Waals surface area contributed by atoms with E-state index in [1.807, 2.05) is 13.8 Å². The molecule has 0 aromatic heterocycles. The second kappa shape index (κ2) is 7.31. The maximum absolute atomic E-state index is 12.1. The van der Waals surface area contributed by atoms with Crippen molar-refractivity contribution in [2.75, 3.05) is 7.05 Å². The molecule has 0 aliphatic carbocycles. The average Bonchev–Trinajstić information content (AvgIpc) is 2.38. The molecule has 1 aromatic rings. The highest BCUT2D eigenvalue weighted by Crippen LogP contribution is 2.27. The van der Waals surface area contributed by atoms with Gasteiger partial charge in [0.05, 0.1) is 10.0 Å². The van der Waals surface area contributed by atoms with Crippen LogP contribution in [-0.2, 0) is 4.79 Å². The lowest BCUT2D eigenvalue weighted by molar-refractivity contribution is -0.114. The largest absolute Gasteiger partial charge is 0.341 e. The fourth-order valence-electron chi connectivity index (χ4n) is 1.53. The van der Waals surface area contributed by atoms with Crippen LogP contribution in [0.25, 0.3) is 5.57 Å². The molecule has 4 nitrogen and oxygen atoms in total. The van der Waals surface area contributed by atoms with E-state index in [-0.39, 0.29) is 5.92 Å². The minimum atomic E-state index is -0.565. The Labute approximate surface area is 128 Å². The van der Waals surface area contributed by atoms with Gasteiger partial charge < -0.3 is 5.32 Å². The Morgan fingerprint density at radius 1 is 1.20 bits per heavy atom. The van der Waals surface area contributed by atoms with E-state index in [0.29, 0.717) is 21.2 Å². The smallest absolute Gasteiger partial charge is 0.321 e. The summed E-state index contributed by atoms with van der Waals surface area (Å²) >= 11 is 11.8. The van der Waals surface area contributed by atoms with E-state index in [1.165, 1.54) is 7.05 Å². The molecule has 0 spiro atoms. The summed E-state index contributed by atoms with van der Waals surface area (Å²) in [5, 5.41) is 5.33. The van der Waals surface area contributed by atoms with Crippen molar-refractivity contribution in [3.05, 3.63) is 39.9 Å². The Kier molecular flexibility index (Phi) is 6.05. The normalized spacial score (nSPS) is 11.4. The third-order valence-electron chi connectivity index (χ3n) is 2.43. The number of carbonyl (C=O) groups is 2. The lowest BCUT2D eigenvalue weighted by Crippen LogP contribution is -2.37. The SMILES string of the molecule is CNC(=O)NC(=O)/C(=C/C(C)C)c1ccc(Cl)c(Cl)c1. The van der Waals surface area contributed by atoms with Gasteiger partial charge in [0.2, 0.25) is 0 Å². The zero-order chi connectivity index (χ0) is 15.3. The molecule has 0 fully saturated rings. The number of imide groups is 1. The molecule has 0 radical (unpaired) electrons. The summed E-state index contributed by atoms with van der Waals surface area (Å²) in [5.41, 5.74) is 0.983. The first-order chi connectivity index (χ1) is 9.35. The molecule has 20 heavy (non-hydrogen) atoms. The van der Waals surface area contributed by atoms with Crippen LogP contribution in [0.2, 0.25) is 10.0 Å². The van der Waals surface area contributed by atoms with Crippen LogP contribution in [0.4, 0.5) is 4.79 Å². The van der Waals surface area contributed by atoms with Gasteiger partial charge in [-0.2, -0.15) is 0 Å². The molecule has 2 N–H and O–H groups in total. The molecule has 0 saturated carbocycles. The lowest BCUT2D eigenvalue weighted by Gasteiger charge is -2.10. The fraction of sp³-hybridized carbons (Fsp3) is 0.286. The van der Waals surface area contributed by atoms with E-state index in [2.05, 4.69) is 10.6 Å². The number of allylic oxidation sites excluding steroid dienone is 1. The number of nitrogens with one attached hydrogen (secondary N) is 2. The third kappa shape index (κ3) is 4.54. The van der Waals surface area contributed by atoms with E-state index in [4.69, 9.17) is 23.2 Å². The van der Waals surface area contributed by atoms with Crippen LogP contribution in [0.1, 0.15) is 19.4 Å². The van der Waals surface area contributed by atoms with Gasteiger partial charge in [-0.3, -0.25) is 10.1 Å². The number of urea groups is 1. The van der Waals surface area contributed by atoms with Crippen molar-refractivity contribution in [1.29, 1.82) is 0 Å². The molecule has 1 aromatic carbocycles. The minimum Gasteiger partial charge on any atom is -0.341 e. The number of amides is 3. The highest BCUT2D eigenvalue weighted by Gasteiger charge is 2.16. The standard InChI is InChI=1S/C14H16Cl2N2O2/c1-8(2)6-10(13(19)18-14(20)17-3)9-4-5-11(15)12(16)7-9/h4-8H,1-3H3,(H2,17,18,19,20)/b10-6+. The van der Waals surface area contributed by atoms with Gasteiger partial charge in [-0.25, -0.2) is 4.79 Å². The van der Waals surface area contributed by atoms with Gasteiger partial charge in [-0.05, 0) is 23.6 Å². The van der Waals surface area contributed by atoms with E-state index >= 15 is 0 Å². The molecule has 0 unspecified atom stereocenters. The molecular weight excluding hydrogens is 299 g/mol. The van der Waals surface area contributed by atoms with Crippen molar-refractivity contribution in [1.82, 2.24) is 10.6 Å². The Morgan fingerprint density at radius 2 is 1.85 bits per heavy atom. The van der Waals surface area contributed by atoms with E-state index < -0.39 is 11.9 Å². The third-order valence-corrected chi connectivity index (χ3v) is 3.17. The zero-order valence-corrected chi connectivity index (χ0v) is 13.0. The number of hydrogen-bond acceptors (Lipinski definition) is 2. The van der Waals surface area contributed by atoms with E-state index in [0.717, 1.165) is 0 Å². The quantitative estimate of drug-likeness (QED) is 0.839. The molecule has 0 heterocycles. The Balaban J connectivity index is 3.16. The molecule has 0 aliphatic heterocycles. The highest BCUT2D eigenvalue weighted by molar-refractivity contribution is 6.42. The molecule has 6 heteroatoms. The number of carbonyl (C=O) groups excluding carboxylic acids is 2. The van der Waals surface area contributed by atoms with Crippen molar-refractivity contribution in [2.24, 2.45) is 5.92 Å². The van der Waals surface area contributed by atoms with Crippen LogP contribution < -0.4 is 10.6 Å².